The second-order valence-electron chi connectivity index (χ2n) is 4.12. The topological polar surface area (TPSA) is 110 Å². The van der Waals surface area contributed by atoms with Gasteiger partial charge in [-0.1, -0.05) is 11.8 Å². The molecule has 0 aromatic heterocycles. The highest BCUT2D eigenvalue weighted by atomic mass is 32.2. The third-order valence-corrected chi connectivity index (χ3v) is 2.10. The van der Waals surface area contributed by atoms with Gasteiger partial charge in [0.2, 0.25) is 5.82 Å². The van der Waals surface area contributed by atoms with Gasteiger partial charge in [-0.25, -0.2) is 13.6 Å². The van der Waals surface area contributed by atoms with Gasteiger partial charge in [-0.3, -0.25) is 4.55 Å². The number of esters is 1. The van der Waals surface area contributed by atoms with E-state index >= 15 is 0 Å². The summed E-state index contributed by atoms with van der Waals surface area (Å²) in [6.07, 6.45) is 0.715. The number of aliphatic hydroxyl groups is 1. The fourth-order valence-corrected chi connectivity index (χ4v) is 1.29. The van der Waals surface area contributed by atoms with E-state index in [2.05, 4.69) is 21.3 Å². The highest BCUT2D eigenvalue weighted by Crippen LogP contribution is 2.27. The molecular formula is C14H15F3O7S. The normalized spacial score (nSPS) is 10.0. The van der Waals surface area contributed by atoms with Gasteiger partial charge in [-0.05, 0) is 13.0 Å². The fourth-order valence-electron chi connectivity index (χ4n) is 1.29. The third-order valence-electron chi connectivity index (χ3n) is 2.10. The van der Waals surface area contributed by atoms with Gasteiger partial charge in [-0.2, -0.15) is 12.8 Å². The number of carbonyl (C=O) groups excluding carboxylic acids is 1. The molecule has 0 unspecified atom stereocenters. The zero-order chi connectivity index (χ0) is 19.6. The van der Waals surface area contributed by atoms with Crippen molar-refractivity contribution in [2.75, 3.05) is 26.1 Å². The van der Waals surface area contributed by atoms with Crippen LogP contribution in [-0.2, 0) is 14.9 Å². The van der Waals surface area contributed by atoms with Crippen molar-refractivity contribution in [1.82, 2.24) is 0 Å². The lowest BCUT2D eigenvalue weighted by Gasteiger charge is -2.10. The van der Waals surface area contributed by atoms with E-state index in [9.17, 15) is 26.4 Å². The van der Waals surface area contributed by atoms with Crippen LogP contribution in [0.2, 0.25) is 0 Å². The van der Waals surface area contributed by atoms with Gasteiger partial charge >= 0.3 is 5.97 Å². The van der Waals surface area contributed by atoms with Crippen LogP contribution in [0, 0.1) is 29.3 Å². The van der Waals surface area contributed by atoms with Gasteiger partial charge in [-0.15, -0.1) is 0 Å². The standard InChI is InChI=1S/C13H11F3O4.CH4O3S/c1-2-19-12-10(15)8(7-9(14)11(12)16)13(18)20-6-4-3-5-17;1-5(2,3)4/h7,17H,2,5-6H2,1H3;1H3,(H,2,3,4). The van der Waals surface area contributed by atoms with E-state index in [0.29, 0.717) is 12.3 Å². The van der Waals surface area contributed by atoms with E-state index in [1.54, 1.807) is 0 Å². The van der Waals surface area contributed by atoms with Gasteiger partial charge < -0.3 is 14.6 Å². The Kier molecular flexibility index (Phi) is 9.58. The number of benzene rings is 1. The molecule has 0 aliphatic rings. The first-order valence-electron chi connectivity index (χ1n) is 6.49. The van der Waals surface area contributed by atoms with Crippen LogP contribution in [0.4, 0.5) is 13.2 Å². The van der Waals surface area contributed by atoms with E-state index in [1.165, 1.54) is 6.92 Å². The minimum Gasteiger partial charge on any atom is -0.488 e. The second-order valence-corrected chi connectivity index (χ2v) is 5.58. The van der Waals surface area contributed by atoms with Crippen molar-refractivity contribution in [3.8, 4) is 17.6 Å². The predicted molar refractivity (Wildman–Crippen MR) is 80.1 cm³/mol. The van der Waals surface area contributed by atoms with Crippen LogP contribution in [0.25, 0.3) is 0 Å². The largest absolute Gasteiger partial charge is 0.488 e. The molecule has 1 aromatic rings. The fraction of sp³-hybridized carbons (Fsp3) is 0.357. The van der Waals surface area contributed by atoms with Crippen molar-refractivity contribution in [1.29, 1.82) is 0 Å². The number of hydrogen-bond donors (Lipinski definition) is 2. The maximum absolute atomic E-state index is 13.8. The molecule has 0 bridgehead atoms. The van der Waals surface area contributed by atoms with Gasteiger partial charge in [0, 0.05) is 0 Å². The average Bonchev–Trinajstić information content (AvgIpc) is 2.50. The predicted octanol–water partition coefficient (Wildman–Crippen LogP) is 1.16. The van der Waals surface area contributed by atoms with Crippen molar-refractivity contribution in [2.45, 2.75) is 6.92 Å². The van der Waals surface area contributed by atoms with Crippen LogP contribution in [0.15, 0.2) is 6.07 Å². The summed E-state index contributed by atoms with van der Waals surface area (Å²) in [6, 6.07) is 0.384. The van der Waals surface area contributed by atoms with Gasteiger partial charge in [0.1, 0.15) is 12.2 Å². The number of ether oxygens (including phenoxy) is 2. The molecule has 0 fully saturated rings. The van der Waals surface area contributed by atoms with Gasteiger partial charge in [0.15, 0.2) is 24.0 Å². The molecule has 0 saturated carbocycles. The maximum atomic E-state index is 13.8. The Balaban J connectivity index is 0.00000101. The quantitative estimate of drug-likeness (QED) is 0.347. The molecule has 0 aliphatic carbocycles. The first kappa shape index (κ1) is 22.7. The highest BCUT2D eigenvalue weighted by Gasteiger charge is 2.24. The molecular weight excluding hydrogens is 369 g/mol. The Labute approximate surface area is 142 Å². The Morgan fingerprint density at radius 3 is 2.28 bits per heavy atom. The lowest BCUT2D eigenvalue weighted by Crippen LogP contribution is -2.12. The van der Waals surface area contributed by atoms with Crippen molar-refractivity contribution >= 4 is 16.1 Å². The van der Waals surface area contributed by atoms with E-state index in [-0.39, 0.29) is 6.61 Å². The molecule has 1 rings (SSSR count). The highest BCUT2D eigenvalue weighted by molar-refractivity contribution is 7.85. The minimum atomic E-state index is -3.67. The van der Waals surface area contributed by atoms with Gasteiger partial charge in [0.25, 0.3) is 10.1 Å². The molecule has 0 spiro atoms. The summed E-state index contributed by atoms with van der Waals surface area (Å²) in [4.78, 5) is 11.5. The van der Waals surface area contributed by atoms with Crippen molar-refractivity contribution in [3.05, 3.63) is 29.1 Å². The first-order chi connectivity index (χ1) is 11.5. The van der Waals surface area contributed by atoms with Crippen LogP contribution >= 0.6 is 0 Å². The van der Waals surface area contributed by atoms with E-state index < -0.39 is 58.1 Å². The third kappa shape index (κ3) is 8.94. The minimum absolute atomic E-state index is 0.103. The number of aliphatic hydroxyl groups excluding tert-OH is 1. The van der Waals surface area contributed by atoms with Crippen LogP contribution in [0.1, 0.15) is 17.3 Å². The molecule has 7 nitrogen and oxygen atoms in total. The summed E-state index contributed by atoms with van der Waals surface area (Å²) in [5, 5.41) is 8.37. The molecule has 11 heteroatoms. The monoisotopic (exact) mass is 384 g/mol. The number of carbonyl (C=O) groups is 1. The molecule has 0 aliphatic heterocycles. The van der Waals surface area contributed by atoms with E-state index in [0.717, 1.165) is 0 Å². The molecule has 0 amide bonds. The smallest absolute Gasteiger partial charge is 0.342 e. The molecule has 0 atom stereocenters. The summed E-state index contributed by atoms with van der Waals surface area (Å²) in [5.74, 6) is -2.01. The number of hydrogen-bond acceptors (Lipinski definition) is 6. The molecule has 0 heterocycles. The Morgan fingerprint density at radius 1 is 1.24 bits per heavy atom. The van der Waals surface area contributed by atoms with E-state index in [4.69, 9.17) is 9.66 Å². The van der Waals surface area contributed by atoms with Crippen LogP contribution < -0.4 is 4.74 Å². The van der Waals surface area contributed by atoms with Crippen molar-refractivity contribution in [2.24, 2.45) is 0 Å². The SMILES string of the molecule is CCOc1c(F)c(F)cc(C(=O)OCC#CCO)c1F.CS(=O)(=O)O. The zero-order valence-electron chi connectivity index (χ0n) is 13.2. The zero-order valence-corrected chi connectivity index (χ0v) is 14.0. The second kappa shape index (κ2) is 10.5. The summed E-state index contributed by atoms with van der Waals surface area (Å²) >= 11 is 0. The van der Waals surface area contributed by atoms with Crippen molar-refractivity contribution in [3.63, 3.8) is 0 Å². The molecule has 25 heavy (non-hydrogen) atoms. The molecule has 0 saturated heterocycles. The van der Waals surface area contributed by atoms with E-state index in [1.807, 2.05) is 0 Å². The lowest BCUT2D eigenvalue weighted by molar-refractivity contribution is 0.0549. The molecule has 140 valence electrons. The summed E-state index contributed by atoms with van der Waals surface area (Å²) < 4.78 is 75.4. The first-order valence-corrected chi connectivity index (χ1v) is 8.34. The van der Waals surface area contributed by atoms with Crippen LogP contribution in [-0.4, -0.2) is 50.1 Å². The summed E-state index contributed by atoms with van der Waals surface area (Å²) in [6.45, 7) is 0.507. The maximum Gasteiger partial charge on any atom is 0.342 e. The molecule has 2 N–H and O–H groups in total. The number of halogens is 3. The van der Waals surface area contributed by atoms with Crippen molar-refractivity contribution < 1.29 is 45.5 Å². The average molecular weight is 384 g/mol. The van der Waals surface area contributed by atoms with Crippen LogP contribution in [0.3, 0.4) is 0 Å². The number of rotatable bonds is 4. The molecule has 1 aromatic carbocycles. The van der Waals surface area contributed by atoms with Gasteiger partial charge in [0.05, 0.1) is 12.9 Å². The van der Waals surface area contributed by atoms with Crippen LogP contribution in [0.5, 0.6) is 5.75 Å². The Bertz CT molecular complexity index is 759. The summed E-state index contributed by atoms with van der Waals surface area (Å²) in [7, 11) is -3.67. The lowest BCUT2D eigenvalue weighted by atomic mass is 10.2. The Morgan fingerprint density at radius 2 is 1.80 bits per heavy atom. The molecule has 0 radical (unpaired) electrons. The Hall–Kier alpha value is -2.29. The summed E-state index contributed by atoms with van der Waals surface area (Å²) in [5.41, 5.74) is -0.793.